The number of aromatic nitrogens is 3. The maximum absolute atomic E-state index is 12.1. The van der Waals surface area contributed by atoms with Crippen LogP contribution in [-0.4, -0.2) is 27.6 Å². The van der Waals surface area contributed by atoms with E-state index >= 15 is 0 Å². The molecule has 0 radical (unpaired) electrons. The first-order valence-corrected chi connectivity index (χ1v) is 7.68. The smallest absolute Gasteiger partial charge is 0.293 e. The number of nitrogens with zero attached hydrogens (tertiary/aromatic N) is 4. The molecule has 0 saturated heterocycles. The third-order valence-electron chi connectivity index (χ3n) is 3.61. The molecule has 0 amide bonds. The van der Waals surface area contributed by atoms with E-state index < -0.39 is 0 Å². The first-order chi connectivity index (χ1) is 10.7. The highest BCUT2D eigenvalue weighted by molar-refractivity contribution is 5.40. The number of hydrogen-bond donors (Lipinski definition) is 1. The average Bonchev–Trinajstić information content (AvgIpc) is 2.56. The molecule has 0 aliphatic heterocycles. The summed E-state index contributed by atoms with van der Waals surface area (Å²) in [6.07, 6.45) is 5.16. The van der Waals surface area contributed by atoms with E-state index in [1.165, 1.54) is 0 Å². The van der Waals surface area contributed by atoms with Gasteiger partial charge in [-0.15, -0.1) is 0 Å². The maximum Gasteiger partial charge on any atom is 0.293 e. The van der Waals surface area contributed by atoms with Gasteiger partial charge < -0.3 is 14.8 Å². The van der Waals surface area contributed by atoms with Gasteiger partial charge in [0.2, 0.25) is 0 Å². The van der Waals surface area contributed by atoms with Crippen LogP contribution in [0.5, 0.6) is 0 Å². The van der Waals surface area contributed by atoms with Gasteiger partial charge in [-0.05, 0) is 32.4 Å². The van der Waals surface area contributed by atoms with Crippen molar-refractivity contribution in [1.82, 2.24) is 14.5 Å². The Morgan fingerprint density at radius 2 is 1.95 bits per heavy atom. The van der Waals surface area contributed by atoms with Crippen LogP contribution in [0.4, 0.5) is 11.6 Å². The Balaban J connectivity index is 2.05. The van der Waals surface area contributed by atoms with Crippen molar-refractivity contribution in [3.63, 3.8) is 0 Å². The molecule has 0 bridgehead atoms. The van der Waals surface area contributed by atoms with Crippen molar-refractivity contribution >= 4 is 11.6 Å². The zero-order valence-corrected chi connectivity index (χ0v) is 13.4. The minimum absolute atomic E-state index is 0.0993. The van der Waals surface area contributed by atoms with Gasteiger partial charge in [0.25, 0.3) is 5.56 Å². The van der Waals surface area contributed by atoms with Gasteiger partial charge in [0.1, 0.15) is 5.82 Å². The lowest BCUT2D eigenvalue weighted by Crippen LogP contribution is -2.24. The number of anilines is 2. The van der Waals surface area contributed by atoms with Crippen molar-refractivity contribution in [3.05, 3.63) is 46.6 Å². The lowest BCUT2D eigenvalue weighted by molar-refractivity contribution is 0.718. The minimum Gasteiger partial charge on any atom is -0.361 e. The molecule has 0 spiro atoms. The number of aryl methyl sites for hydroxylation is 1. The summed E-state index contributed by atoms with van der Waals surface area (Å²) in [7, 11) is 0. The lowest BCUT2D eigenvalue weighted by Gasteiger charge is -2.19. The van der Waals surface area contributed by atoms with Gasteiger partial charge in [0.05, 0.1) is 0 Å². The summed E-state index contributed by atoms with van der Waals surface area (Å²) in [6, 6.07) is 4.03. The number of nitrogens with one attached hydrogen (secondary N) is 1. The Kier molecular flexibility index (Phi) is 5.52. The van der Waals surface area contributed by atoms with E-state index in [0.717, 1.165) is 24.5 Å². The fourth-order valence-corrected chi connectivity index (χ4v) is 2.26. The fourth-order valence-electron chi connectivity index (χ4n) is 2.26. The van der Waals surface area contributed by atoms with Crippen LogP contribution >= 0.6 is 0 Å². The Bertz CT molecular complexity index is 646. The predicted molar refractivity (Wildman–Crippen MR) is 89.3 cm³/mol. The third-order valence-corrected chi connectivity index (χ3v) is 3.61. The van der Waals surface area contributed by atoms with Crippen LogP contribution in [0.3, 0.4) is 0 Å². The van der Waals surface area contributed by atoms with Crippen molar-refractivity contribution in [2.24, 2.45) is 0 Å². The highest BCUT2D eigenvalue weighted by Crippen LogP contribution is 2.11. The zero-order chi connectivity index (χ0) is 15.9. The second kappa shape index (κ2) is 7.59. The standard InChI is InChI=1S/C16H23N5O/c1-4-20(5-2)14-8-7-13(11-18-14)12-19-15-16(22)21(6-3)10-9-17-15/h7-11H,4-6,12H2,1-3H3,(H,17,19). The number of rotatable bonds is 7. The van der Waals surface area contributed by atoms with Crippen LogP contribution in [0.1, 0.15) is 26.3 Å². The van der Waals surface area contributed by atoms with Crippen molar-refractivity contribution in [2.45, 2.75) is 33.9 Å². The molecule has 0 aliphatic rings. The van der Waals surface area contributed by atoms with Crippen molar-refractivity contribution in [2.75, 3.05) is 23.3 Å². The Labute approximate surface area is 130 Å². The quantitative estimate of drug-likeness (QED) is 0.848. The largest absolute Gasteiger partial charge is 0.361 e. The van der Waals surface area contributed by atoms with E-state index in [1.807, 2.05) is 25.3 Å². The first kappa shape index (κ1) is 16.0. The molecule has 0 fully saturated rings. The van der Waals surface area contributed by atoms with Gasteiger partial charge in [-0.25, -0.2) is 9.97 Å². The van der Waals surface area contributed by atoms with Crippen LogP contribution < -0.4 is 15.8 Å². The molecule has 2 aromatic rings. The Hall–Kier alpha value is -2.37. The molecule has 0 aliphatic carbocycles. The van der Waals surface area contributed by atoms with Crippen LogP contribution in [0.2, 0.25) is 0 Å². The third kappa shape index (κ3) is 3.63. The number of hydrogen-bond acceptors (Lipinski definition) is 5. The van der Waals surface area contributed by atoms with E-state index in [1.54, 1.807) is 17.0 Å². The molecule has 0 aromatic carbocycles. The van der Waals surface area contributed by atoms with E-state index in [-0.39, 0.29) is 5.56 Å². The van der Waals surface area contributed by atoms with Crippen molar-refractivity contribution in [3.8, 4) is 0 Å². The molecule has 2 rings (SSSR count). The monoisotopic (exact) mass is 301 g/mol. The molecule has 2 heterocycles. The van der Waals surface area contributed by atoms with Crippen LogP contribution in [0.25, 0.3) is 0 Å². The highest BCUT2D eigenvalue weighted by Gasteiger charge is 2.05. The SMILES string of the molecule is CCN(CC)c1ccc(CNc2nccn(CC)c2=O)cn1. The van der Waals surface area contributed by atoms with E-state index in [2.05, 4.69) is 34.0 Å². The molecular weight excluding hydrogens is 278 g/mol. The topological polar surface area (TPSA) is 63.1 Å². The molecule has 6 heteroatoms. The second-order valence-corrected chi connectivity index (χ2v) is 4.92. The maximum atomic E-state index is 12.1. The summed E-state index contributed by atoms with van der Waals surface area (Å²) >= 11 is 0. The molecule has 0 atom stereocenters. The summed E-state index contributed by atoms with van der Waals surface area (Å²) in [5, 5.41) is 3.08. The molecule has 1 N–H and O–H groups in total. The zero-order valence-electron chi connectivity index (χ0n) is 13.4. The lowest BCUT2D eigenvalue weighted by atomic mass is 10.2. The first-order valence-electron chi connectivity index (χ1n) is 7.68. The van der Waals surface area contributed by atoms with E-state index in [0.29, 0.717) is 18.9 Å². The molecular formula is C16H23N5O. The van der Waals surface area contributed by atoms with Gasteiger partial charge >= 0.3 is 0 Å². The molecule has 0 unspecified atom stereocenters. The highest BCUT2D eigenvalue weighted by atomic mass is 16.1. The van der Waals surface area contributed by atoms with Gasteiger partial charge in [-0.1, -0.05) is 6.07 Å². The summed E-state index contributed by atoms with van der Waals surface area (Å²) in [5.74, 6) is 1.34. The molecule has 0 saturated carbocycles. The normalized spacial score (nSPS) is 10.5. The molecule has 2 aromatic heterocycles. The Morgan fingerprint density at radius 1 is 1.18 bits per heavy atom. The van der Waals surface area contributed by atoms with E-state index in [9.17, 15) is 4.79 Å². The minimum atomic E-state index is -0.0993. The van der Waals surface area contributed by atoms with Crippen LogP contribution in [0, 0.1) is 0 Å². The summed E-state index contributed by atoms with van der Waals surface area (Å²) in [5.41, 5.74) is 0.918. The van der Waals surface area contributed by atoms with E-state index in [4.69, 9.17) is 0 Å². The molecule has 118 valence electrons. The van der Waals surface area contributed by atoms with Gasteiger partial charge in [-0.3, -0.25) is 4.79 Å². The second-order valence-electron chi connectivity index (χ2n) is 4.92. The Morgan fingerprint density at radius 3 is 2.55 bits per heavy atom. The molecule has 6 nitrogen and oxygen atoms in total. The number of pyridine rings is 1. The summed E-state index contributed by atoms with van der Waals surface area (Å²) in [6.45, 7) is 9.19. The van der Waals surface area contributed by atoms with Crippen LogP contribution in [0.15, 0.2) is 35.5 Å². The van der Waals surface area contributed by atoms with Crippen molar-refractivity contribution in [1.29, 1.82) is 0 Å². The summed E-state index contributed by atoms with van der Waals surface area (Å²) in [4.78, 5) is 22.8. The van der Waals surface area contributed by atoms with Gasteiger partial charge in [0.15, 0.2) is 5.82 Å². The van der Waals surface area contributed by atoms with Crippen LogP contribution in [-0.2, 0) is 13.1 Å². The van der Waals surface area contributed by atoms with Crippen molar-refractivity contribution < 1.29 is 0 Å². The fraction of sp³-hybridized carbons (Fsp3) is 0.438. The molecule has 22 heavy (non-hydrogen) atoms. The predicted octanol–water partition coefficient (Wildman–Crippen LogP) is 2.12. The average molecular weight is 301 g/mol. The summed E-state index contributed by atoms with van der Waals surface area (Å²) < 4.78 is 1.62. The van der Waals surface area contributed by atoms with Gasteiger partial charge in [0, 0.05) is 44.8 Å². The van der Waals surface area contributed by atoms with Gasteiger partial charge in [-0.2, -0.15) is 0 Å².